The molecule has 0 radical (unpaired) electrons. The number of nitrogens with zero attached hydrogens (tertiary/aromatic N) is 5. The van der Waals surface area contributed by atoms with Gasteiger partial charge in [-0.2, -0.15) is 5.10 Å². The fourth-order valence-corrected chi connectivity index (χ4v) is 2.74. The van der Waals surface area contributed by atoms with E-state index in [1.54, 1.807) is 20.8 Å². The molecule has 1 aromatic heterocycles. The molecule has 2 heterocycles. The molecule has 126 valence electrons. The van der Waals surface area contributed by atoms with E-state index in [1.165, 1.54) is 6.33 Å². The molecule has 1 aliphatic heterocycles. The number of halogens is 1. The van der Waals surface area contributed by atoms with Crippen LogP contribution in [0.1, 0.15) is 12.0 Å². The third-order valence-electron chi connectivity index (χ3n) is 3.98. The molecular weight excluding hydrogens is 330 g/mol. The van der Waals surface area contributed by atoms with Gasteiger partial charge in [0.05, 0.1) is 13.1 Å². The minimum Gasteiger partial charge on any atom is -0.335 e. The number of aryl methyl sites for hydroxylation is 1. The van der Waals surface area contributed by atoms with Crippen molar-refractivity contribution in [3.8, 4) is 0 Å². The van der Waals surface area contributed by atoms with E-state index in [0.717, 1.165) is 5.56 Å². The molecule has 0 spiro atoms. The Morgan fingerprint density at radius 2 is 2.00 bits per heavy atom. The Bertz CT molecular complexity index is 702. The van der Waals surface area contributed by atoms with Gasteiger partial charge >= 0.3 is 0 Å². The van der Waals surface area contributed by atoms with E-state index >= 15 is 0 Å². The van der Waals surface area contributed by atoms with E-state index in [9.17, 15) is 9.59 Å². The van der Waals surface area contributed by atoms with Gasteiger partial charge in [0.25, 0.3) is 0 Å². The number of carbonyl (C=O) groups is 2. The monoisotopic (exact) mass is 347 g/mol. The van der Waals surface area contributed by atoms with Crippen molar-refractivity contribution in [2.75, 3.05) is 19.6 Å². The summed E-state index contributed by atoms with van der Waals surface area (Å²) in [6, 6.07) is 7.44. The maximum Gasteiger partial charge on any atom is 0.242 e. The van der Waals surface area contributed by atoms with Crippen molar-refractivity contribution in [3.05, 3.63) is 47.5 Å². The predicted octanol–water partition coefficient (Wildman–Crippen LogP) is 1.19. The summed E-state index contributed by atoms with van der Waals surface area (Å²) in [4.78, 5) is 31.7. The second kappa shape index (κ2) is 7.44. The van der Waals surface area contributed by atoms with Crippen LogP contribution in [0.25, 0.3) is 0 Å². The molecule has 3 rings (SSSR count). The summed E-state index contributed by atoms with van der Waals surface area (Å²) in [5, 5.41) is 4.64. The third kappa shape index (κ3) is 4.11. The lowest BCUT2D eigenvalue weighted by Gasteiger charge is -2.34. The molecule has 0 aliphatic carbocycles. The van der Waals surface area contributed by atoms with Gasteiger partial charge in [0.1, 0.15) is 12.7 Å². The number of carbonyl (C=O) groups excluding carboxylic acids is 2. The van der Waals surface area contributed by atoms with E-state index in [-0.39, 0.29) is 18.4 Å². The van der Waals surface area contributed by atoms with E-state index in [0.29, 0.717) is 37.6 Å². The second-order valence-corrected chi connectivity index (χ2v) is 6.10. The number of piperazine rings is 1. The Labute approximate surface area is 144 Å². The number of benzene rings is 1. The standard InChI is InChI=1S/C16H18ClN5O2/c17-14-3-1-13(2-4-14)9-20-7-8-21(10-16(20)24)15(23)5-6-22-12-18-11-19-22/h1-4,11-12H,5-10H2. The van der Waals surface area contributed by atoms with Crippen molar-refractivity contribution in [3.63, 3.8) is 0 Å². The fourth-order valence-electron chi connectivity index (χ4n) is 2.62. The molecule has 0 atom stereocenters. The molecule has 0 N–H and O–H groups in total. The fraction of sp³-hybridized carbons (Fsp3) is 0.375. The summed E-state index contributed by atoms with van der Waals surface area (Å²) >= 11 is 5.87. The van der Waals surface area contributed by atoms with Gasteiger partial charge in [0.2, 0.25) is 11.8 Å². The zero-order chi connectivity index (χ0) is 16.9. The number of hydrogen-bond acceptors (Lipinski definition) is 4. The average Bonchev–Trinajstić information content (AvgIpc) is 3.10. The van der Waals surface area contributed by atoms with Crippen molar-refractivity contribution in [2.45, 2.75) is 19.5 Å². The zero-order valence-electron chi connectivity index (χ0n) is 13.1. The number of aromatic nitrogens is 3. The first-order valence-electron chi connectivity index (χ1n) is 7.74. The minimum atomic E-state index is -0.0370. The van der Waals surface area contributed by atoms with Crippen LogP contribution in [0.3, 0.4) is 0 Å². The van der Waals surface area contributed by atoms with Crippen LogP contribution in [0.15, 0.2) is 36.9 Å². The lowest BCUT2D eigenvalue weighted by Crippen LogP contribution is -2.51. The van der Waals surface area contributed by atoms with Crippen LogP contribution in [-0.2, 0) is 22.7 Å². The molecular formula is C16H18ClN5O2. The number of hydrogen-bond donors (Lipinski definition) is 0. The Kier molecular flexibility index (Phi) is 5.10. The van der Waals surface area contributed by atoms with Crippen LogP contribution in [0.2, 0.25) is 5.02 Å². The van der Waals surface area contributed by atoms with E-state index in [4.69, 9.17) is 11.6 Å². The number of amides is 2. The molecule has 8 heteroatoms. The molecule has 0 saturated carbocycles. The highest BCUT2D eigenvalue weighted by Gasteiger charge is 2.26. The van der Waals surface area contributed by atoms with Gasteiger partial charge in [-0.1, -0.05) is 23.7 Å². The van der Waals surface area contributed by atoms with Gasteiger partial charge in [0, 0.05) is 31.1 Å². The van der Waals surface area contributed by atoms with Crippen molar-refractivity contribution in [2.24, 2.45) is 0 Å². The van der Waals surface area contributed by atoms with Crippen molar-refractivity contribution in [1.29, 1.82) is 0 Å². The van der Waals surface area contributed by atoms with Gasteiger partial charge in [0.15, 0.2) is 0 Å². The van der Waals surface area contributed by atoms with Crippen molar-refractivity contribution in [1.82, 2.24) is 24.6 Å². The smallest absolute Gasteiger partial charge is 0.242 e. The lowest BCUT2D eigenvalue weighted by molar-refractivity contribution is -0.145. The van der Waals surface area contributed by atoms with Crippen LogP contribution in [0.5, 0.6) is 0 Å². The van der Waals surface area contributed by atoms with E-state index < -0.39 is 0 Å². The largest absolute Gasteiger partial charge is 0.335 e. The van der Waals surface area contributed by atoms with Gasteiger partial charge in [-0.25, -0.2) is 4.98 Å². The average molecular weight is 348 g/mol. The Hall–Kier alpha value is -2.41. The van der Waals surface area contributed by atoms with E-state index in [1.807, 2.05) is 24.3 Å². The van der Waals surface area contributed by atoms with E-state index in [2.05, 4.69) is 10.1 Å². The van der Waals surface area contributed by atoms with Crippen LogP contribution < -0.4 is 0 Å². The summed E-state index contributed by atoms with van der Waals surface area (Å²) in [6.07, 6.45) is 3.32. The molecule has 24 heavy (non-hydrogen) atoms. The lowest BCUT2D eigenvalue weighted by atomic mass is 10.2. The highest BCUT2D eigenvalue weighted by Crippen LogP contribution is 2.14. The van der Waals surface area contributed by atoms with Crippen LogP contribution >= 0.6 is 11.6 Å². The molecule has 0 bridgehead atoms. The molecule has 2 amide bonds. The SMILES string of the molecule is O=C(CCn1cncn1)N1CCN(Cc2ccc(Cl)cc2)C(=O)C1. The first-order chi connectivity index (χ1) is 11.6. The molecule has 2 aromatic rings. The van der Waals surface area contributed by atoms with Crippen LogP contribution in [0, 0.1) is 0 Å². The predicted molar refractivity (Wildman–Crippen MR) is 88.1 cm³/mol. The molecule has 0 unspecified atom stereocenters. The summed E-state index contributed by atoms with van der Waals surface area (Å²) in [6.45, 7) is 2.23. The first kappa shape index (κ1) is 16.4. The third-order valence-corrected chi connectivity index (χ3v) is 4.23. The van der Waals surface area contributed by atoms with Gasteiger partial charge in [-0.15, -0.1) is 0 Å². The van der Waals surface area contributed by atoms with Gasteiger partial charge < -0.3 is 9.80 Å². The van der Waals surface area contributed by atoms with Crippen LogP contribution in [0.4, 0.5) is 0 Å². The Morgan fingerprint density at radius 3 is 2.67 bits per heavy atom. The zero-order valence-corrected chi connectivity index (χ0v) is 13.9. The highest BCUT2D eigenvalue weighted by molar-refractivity contribution is 6.30. The molecule has 7 nitrogen and oxygen atoms in total. The Morgan fingerprint density at radius 1 is 1.21 bits per heavy atom. The van der Waals surface area contributed by atoms with Crippen LogP contribution in [-0.4, -0.2) is 56.0 Å². The Balaban J connectivity index is 1.50. The second-order valence-electron chi connectivity index (χ2n) is 5.67. The summed E-state index contributed by atoms with van der Waals surface area (Å²) in [5.41, 5.74) is 1.03. The summed E-state index contributed by atoms with van der Waals surface area (Å²) in [7, 11) is 0. The quantitative estimate of drug-likeness (QED) is 0.814. The maximum absolute atomic E-state index is 12.3. The minimum absolute atomic E-state index is 0.0368. The number of rotatable bonds is 5. The molecule has 1 aliphatic rings. The normalized spacial score (nSPS) is 15.0. The van der Waals surface area contributed by atoms with Gasteiger partial charge in [-0.05, 0) is 17.7 Å². The molecule has 1 saturated heterocycles. The maximum atomic E-state index is 12.3. The molecule has 1 fully saturated rings. The summed E-state index contributed by atoms with van der Waals surface area (Å²) in [5.74, 6) is -0.0738. The van der Waals surface area contributed by atoms with Crippen molar-refractivity contribution >= 4 is 23.4 Å². The summed E-state index contributed by atoms with van der Waals surface area (Å²) < 4.78 is 1.61. The van der Waals surface area contributed by atoms with Crippen molar-refractivity contribution < 1.29 is 9.59 Å². The topological polar surface area (TPSA) is 71.3 Å². The molecule has 1 aromatic carbocycles. The van der Waals surface area contributed by atoms with Gasteiger partial charge in [-0.3, -0.25) is 14.3 Å². The highest BCUT2D eigenvalue weighted by atomic mass is 35.5. The first-order valence-corrected chi connectivity index (χ1v) is 8.12.